The molecule has 9 aromatic rings. The molecule has 8 heteroatoms. The lowest BCUT2D eigenvalue weighted by Gasteiger charge is -2.08. The largest absolute Gasteiger partial charge is 0.307 e. The first-order valence-corrected chi connectivity index (χ1v) is 17.3. The van der Waals surface area contributed by atoms with Gasteiger partial charge in [0, 0.05) is 30.1 Å². The van der Waals surface area contributed by atoms with Crippen LogP contribution in [-0.4, -0.2) is 4.57 Å². The van der Waals surface area contributed by atoms with E-state index in [4.69, 9.17) is 0 Å². The summed E-state index contributed by atoms with van der Waals surface area (Å²) in [6, 6.07) is 22.3. The van der Waals surface area contributed by atoms with Gasteiger partial charge in [0.1, 0.15) is 0 Å². The lowest BCUT2D eigenvalue weighted by Crippen LogP contribution is -1.93. The minimum atomic E-state index is 1.11. The molecule has 0 atom stereocenters. The van der Waals surface area contributed by atoms with Crippen molar-refractivity contribution in [2.24, 2.45) is 0 Å². The molecule has 0 saturated heterocycles. The fourth-order valence-corrected chi connectivity index (χ4v) is 13.9. The predicted molar refractivity (Wildman–Crippen MR) is 178 cm³/mol. The number of thiophene rings is 5. The topological polar surface area (TPSA) is 4.93 Å². The maximum Gasteiger partial charge on any atom is 0.0829 e. The summed E-state index contributed by atoms with van der Waals surface area (Å²) in [7, 11) is 0. The molecule has 0 aliphatic rings. The number of hydrogen-bond acceptors (Lipinski definition) is 5. The summed E-state index contributed by atoms with van der Waals surface area (Å²) in [5.74, 6) is 0. The van der Waals surface area contributed by atoms with Gasteiger partial charge in [-0.2, -0.15) is 0 Å². The Labute approximate surface area is 247 Å². The van der Waals surface area contributed by atoms with E-state index in [-0.39, 0.29) is 0 Å². The number of halogens is 2. The number of fused-ring (bicyclic) bond motifs is 13. The zero-order chi connectivity index (χ0) is 24.6. The van der Waals surface area contributed by atoms with Crippen molar-refractivity contribution < 1.29 is 0 Å². The Kier molecular flexibility index (Phi) is 4.57. The van der Waals surface area contributed by atoms with Crippen LogP contribution in [0.15, 0.2) is 69.6 Å². The van der Waals surface area contributed by atoms with E-state index in [1.165, 1.54) is 80.1 Å². The van der Waals surface area contributed by atoms with Crippen LogP contribution >= 0.6 is 88.5 Å². The monoisotopic (exact) mass is 693 g/mol. The van der Waals surface area contributed by atoms with E-state index in [0.717, 1.165) is 8.95 Å². The normalized spacial score (nSPS) is 12.7. The van der Waals surface area contributed by atoms with Gasteiger partial charge in [0.05, 0.1) is 53.3 Å². The molecule has 0 saturated carbocycles. The second-order valence-electron chi connectivity index (χ2n) is 9.29. The third-order valence-electron chi connectivity index (χ3n) is 7.05. The van der Waals surface area contributed by atoms with Crippen molar-refractivity contribution in [3.05, 3.63) is 75.2 Å². The molecule has 0 aliphatic heterocycles. The molecular formula is C29H13Br2NS5. The Morgan fingerprint density at radius 1 is 0.541 bits per heavy atom. The lowest BCUT2D eigenvalue weighted by atomic mass is 10.2. The van der Waals surface area contributed by atoms with Crippen molar-refractivity contribution in [2.75, 3.05) is 0 Å². The van der Waals surface area contributed by atoms with Crippen LogP contribution in [0.3, 0.4) is 0 Å². The molecule has 1 nitrogen and oxygen atoms in total. The summed E-state index contributed by atoms with van der Waals surface area (Å²) in [5, 5.41) is 2.71. The zero-order valence-corrected chi connectivity index (χ0v) is 26.3. The summed E-state index contributed by atoms with van der Waals surface area (Å²) in [5.41, 5.74) is 5.12. The minimum Gasteiger partial charge on any atom is -0.307 e. The quantitative estimate of drug-likeness (QED) is 0.161. The van der Waals surface area contributed by atoms with Gasteiger partial charge in [-0.3, -0.25) is 0 Å². The van der Waals surface area contributed by atoms with Gasteiger partial charge in [-0.1, -0.05) is 61.7 Å². The fourth-order valence-electron chi connectivity index (χ4n) is 5.39. The van der Waals surface area contributed by atoms with Crippen LogP contribution in [0.1, 0.15) is 5.56 Å². The molecular weight excluding hydrogens is 682 g/mol. The first-order chi connectivity index (χ1) is 18.0. The maximum absolute atomic E-state index is 3.72. The van der Waals surface area contributed by atoms with Crippen molar-refractivity contribution in [3.8, 4) is 5.69 Å². The molecule has 0 spiro atoms. The highest BCUT2D eigenvalue weighted by molar-refractivity contribution is 9.10. The molecule has 6 aromatic heterocycles. The van der Waals surface area contributed by atoms with Crippen LogP contribution in [0.4, 0.5) is 0 Å². The van der Waals surface area contributed by atoms with Gasteiger partial charge < -0.3 is 4.57 Å². The number of nitrogens with zero attached hydrogens (tertiary/aromatic N) is 1. The van der Waals surface area contributed by atoms with Gasteiger partial charge in [0.15, 0.2) is 0 Å². The van der Waals surface area contributed by atoms with E-state index in [1.807, 2.05) is 56.7 Å². The van der Waals surface area contributed by atoms with Crippen molar-refractivity contribution in [2.45, 2.75) is 6.92 Å². The van der Waals surface area contributed by atoms with Crippen molar-refractivity contribution in [1.29, 1.82) is 0 Å². The van der Waals surface area contributed by atoms with E-state index >= 15 is 0 Å². The van der Waals surface area contributed by atoms with Crippen molar-refractivity contribution >= 4 is 157 Å². The van der Waals surface area contributed by atoms with Crippen LogP contribution in [0.25, 0.3) is 74.5 Å². The van der Waals surface area contributed by atoms with Gasteiger partial charge in [-0.15, -0.1) is 56.7 Å². The Hall–Kier alpha value is -1.78. The van der Waals surface area contributed by atoms with Crippen LogP contribution in [0.2, 0.25) is 0 Å². The Morgan fingerprint density at radius 2 is 1.11 bits per heavy atom. The van der Waals surface area contributed by atoms with E-state index in [0.29, 0.717) is 0 Å². The molecule has 0 amide bonds. The molecule has 0 radical (unpaired) electrons. The summed E-state index contributed by atoms with van der Waals surface area (Å²) in [6.07, 6.45) is 0. The molecule has 0 unspecified atom stereocenters. The Morgan fingerprint density at radius 3 is 1.86 bits per heavy atom. The first-order valence-electron chi connectivity index (χ1n) is 11.6. The highest BCUT2D eigenvalue weighted by Crippen LogP contribution is 2.57. The van der Waals surface area contributed by atoms with E-state index in [2.05, 4.69) is 104 Å². The lowest BCUT2D eigenvalue weighted by molar-refractivity contribution is 1.18. The van der Waals surface area contributed by atoms with Crippen LogP contribution in [0, 0.1) is 6.92 Å². The second kappa shape index (κ2) is 7.66. The van der Waals surface area contributed by atoms with Gasteiger partial charge in [-0.05, 0) is 43.3 Å². The van der Waals surface area contributed by atoms with Gasteiger partial charge in [0.25, 0.3) is 0 Å². The Balaban J connectivity index is 1.41. The van der Waals surface area contributed by atoms with Gasteiger partial charge in [0.2, 0.25) is 0 Å². The molecule has 178 valence electrons. The van der Waals surface area contributed by atoms with Gasteiger partial charge >= 0.3 is 0 Å². The average molecular weight is 696 g/mol. The minimum absolute atomic E-state index is 1.11. The molecule has 0 N–H and O–H groups in total. The molecule has 37 heavy (non-hydrogen) atoms. The molecule has 3 aromatic carbocycles. The Bertz CT molecular complexity index is 2390. The summed E-state index contributed by atoms with van der Waals surface area (Å²) < 4.78 is 19.1. The summed E-state index contributed by atoms with van der Waals surface area (Å²) in [4.78, 5) is 0. The van der Waals surface area contributed by atoms with Gasteiger partial charge in [-0.25, -0.2) is 0 Å². The number of hydrogen-bond donors (Lipinski definition) is 0. The molecule has 6 heterocycles. The third kappa shape index (κ3) is 2.92. The summed E-state index contributed by atoms with van der Waals surface area (Å²) in [6.45, 7) is 2.15. The van der Waals surface area contributed by atoms with Crippen LogP contribution < -0.4 is 0 Å². The molecule has 0 fully saturated rings. The van der Waals surface area contributed by atoms with Crippen LogP contribution in [-0.2, 0) is 0 Å². The first kappa shape index (κ1) is 22.1. The van der Waals surface area contributed by atoms with Crippen molar-refractivity contribution in [1.82, 2.24) is 4.57 Å². The highest BCUT2D eigenvalue weighted by atomic mass is 79.9. The summed E-state index contributed by atoms with van der Waals surface area (Å²) >= 11 is 17.2. The van der Waals surface area contributed by atoms with Crippen molar-refractivity contribution in [3.63, 3.8) is 0 Å². The van der Waals surface area contributed by atoms with Crippen LogP contribution in [0.5, 0.6) is 0 Å². The fraction of sp³-hybridized carbons (Fsp3) is 0.0345. The average Bonchev–Trinajstić information content (AvgIpc) is 3.67. The second-order valence-corrected chi connectivity index (χ2v) is 16.3. The number of rotatable bonds is 1. The molecule has 9 rings (SSSR count). The SMILES string of the molecule is Cc1ccc(-n2c3cc(Br)ccc3c3sc4c5sc6c7sc8cc(Br)ccc8c7sc6c5sc4c32)cc1. The smallest absolute Gasteiger partial charge is 0.0829 e. The van der Waals surface area contributed by atoms with E-state index in [1.54, 1.807) is 0 Å². The molecule has 0 bridgehead atoms. The zero-order valence-electron chi connectivity index (χ0n) is 19.0. The predicted octanol–water partition coefficient (Wildman–Crippen LogP) is 12.7. The highest BCUT2D eigenvalue weighted by Gasteiger charge is 2.25. The van der Waals surface area contributed by atoms with E-state index < -0.39 is 0 Å². The number of benzene rings is 3. The number of aryl methyl sites for hydroxylation is 1. The number of aromatic nitrogens is 1. The van der Waals surface area contributed by atoms with E-state index in [9.17, 15) is 0 Å². The standard InChI is InChI=1S/C29H13Br2NS5/c1-12-2-6-15(7-3-12)32-18-10-13(30)4-8-16(18)21-20(32)23-25(34-21)27-29(36-23)28-26(37-27)24-22(35-28)17-9-5-14(31)11-19(17)33-24/h2-11H,1H3. The third-order valence-corrected chi connectivity index (χ3v) is 15.0. The maximum atomic E-state index is 3.72. The molecule has 0 aliphatic carbocycles.